The van der Waals surface area contributed by atoms with Crippen LogP contribution in [0.1, 0.15) is 26.7 Å². The Bertz CT molecular complexity index is 2110. The van der Waals surface area contributed by atoms with Gasteiger partial charge in [-0.25, -0.2) is 0 Å². The quantitative estimate of drug-likeness (QED) is 0.0952. The van der Waals surface area contributed by atoms with Crippen LogP contribution < -0.4 is 20.7 Å². The summed E-state index contributed by atoms with van der Waals surface area (Å²) in [4.78, 5) is 41.3. The van der Waals surface area contributed by atoms with Gasteiger partial charge >= 0.3 is 0 Å². The van der Waals surface area contributed by atoms with Crippen LogP contribution in [0.2, 0.25) is 0 Å². The second-order valence-electron chi connectivity index (χ2n) is 11.0. The van der Waals surface area contributed by atoms with E-state index < -0.39 is 17.1 Å². The normalized spacial score (nSPS) is 11.7. The Morgan fingerprint density at radius 3 is 2.08 bits per heavy atom. The maximum Gasteiger partial charge on any atom is 0.272 e. The second kappa shape index (κ2) is 15.6. The SMILES string of the molecule is COc1ccccc1NC(=O)C(Sc1ccc(NC(=O)/C(=C/c2cccc3ccccc23)NC(=O)c2ccccc2)cc1)c1ccccc1. The number of carbonyl (C=O) groups is 3. The number of hydrogen-bond acceptors (Lipinski definition) is 5. The van der Waals surface area contributed by atoms with Crippen LogP contribution >= 0.6 is 11.8 Å². The highest BCUT2D eigenvalue weighted by Crippen LogP contribution is 2.37. The van der Waals surface area contributed by atoms with Crippen molar-refractivity contribution in [1.82, 2.24) is 5.32 Å². The monoisotopic (exact) mass is 663 g/mol. The summed E-state index contributed by atoms with van der Waals surface area (Å²) in [6, 6.07) is 46.5. The van der Waals surface area contributed by atoms with Crippen molar-refractivity contribution in [2.24, 2.45) is 0 Å². The molecule has 0 radical (unpaired) electrons. The number of nitrogens with one attached hydrogen (secondary N) is 3. The molecule has 7 nitrogen and oxygen atoms in total. The summed E-state index contributed by atoms with van der Waals surface area (Å²) in [6.45, 7) is 0. The average molecular weight is 664 g/mol. The molecule has 8 heteroatoms. The Hall–Kier alpha value is -6.12. The van der Waals surface area contributed by atoms with Gasteiger partial charge in [0.25, 0.3) is 11.8 Å². The largest absolute Gasteiger partial charge is 0.495 e. The highest BCUT2D eigenvalue weighted by Gasteiger charge is 2.23. The number of rotatable bonds is 11. The molecule has 6 aromatic rings. The van der Waals surface area contributed by atoms with E-state index in [0.717, 1.165) is 26.8 Å². The van der Waals surface area contributed by atoms with Crippen LogP contribution in [0.3, 0.4) is 0 Å². The van der Waals surface area contributed by atoms with Gasteiger partial charge < -0.3 is 20.7 Å². The first kappa shape index (κ1) is 32.8. The Balaban J connectivity index is 1.23. The third-order valence-electron chi connectivity index (χ3n) is 7.72. The van der Waals surface area contributed by atoms with Crippen LogP contribution in [0.25, 0.3) is 16.8 Å². The van der Waals surface area contributed by atoms with Crippen LogP contribution in [0.4, 0.5) is 11.4 Å². The Morgan fingerprint density at radius 2 is 1.33 bits per heavy atom. The number of amides is 3. The summed E-state index contributed by atoms with van der Waals surface area (Å²) in [7, 11) is 1.56. The number of para-hydroxylation sites is 2. The molecule has 6 rings (SSSR count). The lowest BCUT2D eigenvalue weighted by atomic mass is 10.0. The molecule has 0 bridgehead atoms. The van der Waals surface area contributed by atoms with Gasteiger partial charge in [-0.3, -0.25) is 14.4 Å². The van der Waals surface area contributed by atoms with Gasteiger partial charge in [0.05, 0.1) is 12.8 Å². The standard InChI is InChI=1S/C41H33N3O4S/c1-48-37-22-11-10-21-35(37)43-41(47)38(29-14-4-2-5-15-29)49-33-25-23-32(24-26-33)42-40(46)36(44-39(45)30-16-6-3-7-17-30)27-31-19-12-18-28-13-8-9-20-34(28)31/h2-27,38H,1H3,(H,42,46)(H,43,47)(H,44,45)/b36-27-. The predicted octanol–water partition coefficient (Wildman–Crippen LogP) is 8.73. The molecule has 6 aromatic carbocycles. The molecule has 0 spiro atoms. The van der Waals surface area contributed by atoms with E-state index in [9.17, 15) is 14.4 Å². The fraction of sp³-hybridized carbons (Fsp3) is 0.0488. The van der Waals surface area contributed by atoms with E-state index in [0.29, 0.717) is 22.7 Å². The number of anilines is 2. The van der Waals surface area contributed by atoms with Crippen LogP contribution in [0.5, 0.6) is 5.75 Å². The zero-order chi connectivity index (χ0) is 34.0. The molecule has 1 unspecified atom stereocenters. The molecular formula is C41H33N3O4S. The van der Waals surface area contributed by atoms with E-state index in [1.807, 2.05) is 103 Å². The molecule has 0 fully saturated rings. The molecule has 3 N–H and O–H groups in total. The Morgan fingerprint density at radius 1 is 0.673 bits per heavy atom. The fourth-order valence-corrected chi connectivity index (χ4v) is 6.30. The van der Waals surface area contributed by atoms with Crippen molar-refractivity contribution in [3.63, 3.8) is 0 Å². The lowest BCUT2D eigenvalue weighted by Gasteiger charge is -2.18. The van der Waals surface area contributed by atoms with E-state index in [1.165, 1.54) is 11.8 Å². The molecule has 0 aliphatic heterocycles. The zero-order valence-corrected chi connectivity index (χ0v) is 27.4. The van der Waals surface area contributed by atoms with E-state index in [1.54, 1.807) is 61.7 Å². The van der Waals surface area contributed by atoms with E-state index in [-0.39, 0.29) is 11.6 Å². The van der Waals surface area contributed by atoms with Crippen LogP contribution in [-0.2, 0) is 9.59 Å². The zero-order valence-electron chi connectivity index (χ0n) is 26.6. The maximum atomic E-state index is 13.7. The van der Waals surface area contributed by atoms with E-state index in [2.05, 4.69) is 16.0 Å². The van der Waals surface area contributed by atoms with Crippen molar-refractivity contribution in [3.05, 3.63) is 174 Å². The third kappa shape index (κ3) is 8.25. The van der Waals surface area contributed by atoms with Crippen LogP contribution in [0.15, 0.2) is 162 Å². The summed E-state index contributed by atoms with van der Waals surface area (Å²) in [6.07, 6.45) is 1.69. The lowest BCUT2D eigenvalue weighted by molar-refractivity contribution is -0.116. The van der Waals surface area contributed by atoms with Gasteiger partial charge in [0.2, 0.25) is 5.91 Å². The molecule has 0 saturated heterocycles. The molecule has 0 aliphatic rings. The molecule has 242 valence electrons. The summed E-state index contributed by atoms with van der Waals surface area (Å²) in [5.41, 5.74) is 3.28. The second-order valence-corrected chi connectivity index (χ2v) is 12.2. The van der Waals surface area contributed by atoms with Gasteiger partial charge in [-0.15, -0.1) is 11.8 Å². The average Bonchev–Trinajstić information content (AvgIpc) is 3.15. The minimum atomic E-state index is -0.560. The highest BCUT2D eigenvalue weighted by atomic mass is 32.2. The minimum absolute atomic E-state index is 0.0980. The lowest BCUT2D eigenvalue weighted by Crippen LogP contribution is -2.30. The van der Waals surface area contributed by atoms with Crippen molar-refractivity contribution in [3.8, 4) is 5.75 Å². The molecule has 0 aromatic heterocycles. The molecule has 3 amide bonds. The smallest absolute Gasteiger partial charge is 0.272 e. The van der Waals surface area contributed by atoms with Crippen LogP contribution in [0, 0.1) is 0 Å². The van der Waals surface area contributed by atoms with Crippen molar-refractivity contribution in [1.29, 1.82) is 0 Å². The maximum absolute atomic E-state index is 13.7. The number of methoxy groups -OCH3 is 1. The Labute approximate surface area is 289 Å². The number of fused-ring (bicyclic) bond motifs is 1. The number of ether oxygens (including phenoxy) is 1. The molecule has 1 atom stereocenters. The first-order valence-corrected chi connectivity index (χ1v) is 16.5. The summed E-state index contributed by atoms with van der Waals surface area (Å²) in [5.74, 6) is -0.500. The molecule has 0 saturated carbocycles. The van der Waals surface area contributed by atoms with Gasteiger partial charge in [-0.1, -0.05) is 103 Å². The number of carbonyl (C=O) groups excluding carboxylic acids is 3. The summed E-state index contributed by atoms with van der Waals surface area (Å²) < 4.78 is 5.42. The summed E-state index contributed by atoms with van der Waals surface area (Å²) in [5, 5.41) is 10.2. The highest BCUT2D eigenvalue weighted by molar-refractivity contribution is 8.00. The number of thioether (sulfide) groups is 1. The topological polar surface area (TPSA) is 96.5 Å². The molecule has 0 aliphatic carbocycles. The Kier molecular flexibility index (Phi) is 10.5. The third-order valence-corrected chi connectivity index (χ3v) is 8.99. The van der Waals surface area contributed by atoms with Crippen molar-refractivity contribution in [2.45, 2.75) is 10.1 Å². The summed E-state index contributed by atoms with van der Waals surface area (Å²) >= 11 is 1.39. The number of benzene rings is 6. The van der Waals surface area contributed by atoms with Gasteiger partial charge in [0.15, 0.2) is 0 Å². The molecule has 49 heavy (non-hydrogen) atoms. The van der Waals surface area contributed by atoms with E-state index >= 15 is 0 Å². The van der Waals surface area contributed by atoms with Crippen molar-refractivity contribution < 1.29 is 19.1 Å². The van der Waals surface area contributed by atoms with Crippen LogP contribution in [-0.4, -0.2) is 24.8 Å². The van der Waals surface area contributed by atoms with Gasteiger partial charge in [-0.05, 0) is 76.5 Å². The first-order chi connectivity index (χ1) is 24.0. The van der Waals surface area contributed by atoms with Crippen molar-refractivity contribution in [2.75, 3.05) is 17.7 Å². The van der Waals surface area contributed by atoms with Crippen molar-refractivity contribution >= 4 is 57.7 Å². The molecular weight excluding hydrogens is 631 g/mol. The van der Waals surface area contributed by atoms with Gasteiger partial charge in [0, 0.05) is 16.1 Å². The number of hydrogen-bond donors (Lipinski definition) is 3. The van der Waals surface area contributed by atoms with E-state index in [4.69, 9.17) is 4.74 Å². The van der Waals surface area contributed by atoms with Gasteiger partial charge in [-0.2, -0.15) is 0 Å². The van der Waals surface area contributed by atoms with Gasteiger partial charge in [0.1, 0.15) is 16.7 Å². The first-order valence-electron chi connectivity index (χ1n) is 15.6. The predicted molar refractivity (Wildman–Crippen MR) is 198 cm³/mol. The molecule has 0 heterocycles. The fourth-order valence-electron chi connectivity index (χ4n) is 5.27. The minimum Gasteiger partial charge on any atom is -0.495 e.